The number of anilines is 4. The Balaban J connectivity index is 1.30. The van der Waals surface area contributed by atoms with Crippen molar-refractivity contribution in [2.75, 3.05) is 36.1 Å². The standard InChI is InChI=1S/C27H28FN7O2/c1-3-25(36)30-19-6-4-7-21(16-19)37-24-8-5-13-35-26(24)32-27(33-35)31-20-9-10-23(22(28)17-20)29-18-11-14-34(2)15-12-18/h3-10,13,16-18,29H,1,11-12,14-15H2,2H3,(H,30,36)(H,31,33). The Kier molecular flexibility index (Phi) is 7.00. The highest BCUT2D eigenvalue weighted by atomic mass is 19.1. The number of hydrogen-bond donors (Lipinski definition) is 3. The molecule has 1 aliphatic heterocycles. The van der Waals surface area contributed by atoms with Crippen LogP contribution in [-0.2, 0) is 4.79 Å². The molecule has 5 rings (SSSR count). The highest BCUT2D eigenvalue weighted by molar-refractivity contribution is 5.98. The summed E-state index contributed by atoms with van der Waals surface area (Å²) in [6.07, 6.45) is 4.92. The molecule has 2 aromatic heterocycles. The van der Waals surface area contributed by atoms with Crippen molar-refractivity contribution >= 4 is 34.6 Å². The van der Waals surface area contributed by atoms with Gasteiger partial charge in [-0.25, -0.2) is 8.91 Å². The van der Waals surface area contributed by atoms with Crippen molar-refractivity contribution in [1.29, 1.82) is 0 Å². The first-order valence-corrected chi connectivity index (χ1v) is 12.1. The largest absolute Gasteiger partial charge is 0.453 e. The Morgan fingerprint density at radius 3 is 2.76 bits per heavy atom. The zero-order chi connectivity index (χ0) is 25.8. The average Bonchev–Trinajstić information content (AvgIpc) is 3.30. The summed E-state index contributed by atoms with van der Waals surface area (Å²) in [5.74, 6) is 0.648. The number of halogens is 1. The van der Waals surface area contributed by atoms with E-state index < -0.39 is 0 Å². The Bertz CT molecular complexity index is 1430. The van der Waals surface area contributed by atoms with Gasteiger partial charge in [0.1, 0.15) is 11.6 Å². The number of nitrogens with zero attached hydrogens (tertiary/aromatic N) is 4. The number of piperidine rings is 1. The molecule has 190 valence electrons. The molecule has 9 nitrogen and oxygen atoms in total. The van der Waals surface area contributed by atoms with Crippen LogP contribution >= 0.6 is 0 Å². The molecule has 0 radical (unpaired) electrons. The third kappa shape index (κ3) is 5.87. The maximum atomic E-state index is 14.8. The fraction of sp³-hybridized carbons (Fsp3) is 0.222. The molecule has 0 aliphatic carbocycles. The first kappa shape index (κ1) is 24.3. The summed E-state index contributed by atoms with van der Waals surface area (Å²) in [6, 6.07) is 15.8. The van der Waals surface area contributed by atoms with E-state index >= 15 is 0 Å². The number of amides is 1. The molecule has 1 saturated heterocycles. The van der Waals surface area contributed by atoms with Gasteiger partial charge in [-0.05, 0) is 81.5 Å². The average molecular weight is 502 g/mol. The molecule has 1 aliphatic rings. The lowest BCUT2D eigenvalue weighted by molar-refractivity contribution is -0.111. The number of hydrogen-bond acceptors (Lipinski definition) is 7. The number of pyridine rings is 1. The molecule has 3 N–H and O–H groups in total. The molecule has 2 aromatic carbocycles. The third-order valence-electron chi connectivity index (χ3n) is 6.14. The van der Waals surface area contributed by atoms with Gasteiger partial charge in [0.05, 0.1) is 5.69 Å². The van der Waals surface area contributed by atoms with E-state index in [1.54, 1.807) is 59.2 Å². The molecular weight excluding hydrogens is 473 g/mol. The molecule has 0 spiro atoms. The molecule has 10 heteroatoms. The van der Waals surface area contributed by atoms with Crippen molar-refractivity contribution in [3.05, 3.63) is 79.3 Å². The molecule has 37 heavy (non-hydrogen) atoms. The van der Waals surface area contributed by atoms with E-state index in [0.717, 1.165) is 25.9 Å². The van der Waals surface area contributed by atoms with Crippen molar-refractivity contribution in [3.63, 3.8) is 0 Å². The number of benzene rings is 2. The van der Waals surface area contributed by atoms with Gasteiger partial charge in [-0.15, -0.1) is 5.10 Å². The second kappa shape index (κ2) is 10.7. The second-order valence-electron chi connectivity index (χ2n) is 8.94. The predicted molar refractivity (Wildman–Crippen MR) is 142 cm³/mol. The van der Waals surface area contributed by atoms with Crippen LogP contribution < -0.4 is 20.7 Å². The van der Waals surface area contributed by atoms with Gasteiger partial charge in [0.25, 0.3) is 0 Å². The molecule has 1 amide bonds. The van der Waals surface area contributed by atoms with E-state index in [1.807, 2.05) is 0 Å². The summed E-state index contributed by atoms with van der Waals surface area (Å²) in [6.45, 7) is 5.46. The van der Waals surface area contributed by atoms with Crippen LogP contribution in [0.3, 0.4) is 0 Å². The van der Waals surface area contributed by atoms with Gasteiger partial charge in [0.15, 0.2) is 11.4 Å². The number of carbonyl (C=O) groups is 1. The quantitative estimate of drug-likeness (QED) is 0.291. The molecule has 0 atom stereocenters. The zero-order valence-corrected chi connectivity index (χ0v) is 20.4. The monoisotopic (exact) mass is 501 g/mol. The fourth-order valence-electron chi connectivity index (χ4n) is 4.18. The van der Waals surface area contributed by atoms with Crippen LogP contribution in [0.5, 0.6) is 11.5 Å². The second-order valence-corrected chi connectivity index (χ2v) is 8.94. The Morgan fingerprint density at radius 2 is 1.97 bits per heavy atom. The number of nitrogens with one attached hydrogen (secondary N) is 3. The number of likely N-dealkylation sites (tertiary alicyclic amines) is 1. The van der Waals surface area contributed by atoms with Crippen LogP contribution in [0.4, 0.5) is 27.4 Å². The summed E-state index contributed by atoms with van der Waals surface area (Å²) in [7, 11) is 2.10. The van der Waals surface area contributed by atoms with Gasteiger partial charge in [-0.2, -0.15) is 4.98 Å². The van der Waals surface area contributed by atoms with Gasteiger partial charge in [-0.1, -0.05) is 12.6 Å². The van der Waals surface area contributed by atoms with Crippen LogP contribution in [-0.4, -0.2) is 51.6 Å². The minimum atomic E-state index is -0.333. The summed E-state index contributed by atoms with van der Waals surface area (Å²) in [5, 5.41) is 13.5. The van der Waals surface area contributed by atoms with E-state index in [-0.39, 0.29) is 17.8 Å². The number of fused-ring (bicyclic) bond motifs is 1. The van der Waals surface area contributed by atoms with Crippen LogP contribution in [0.25, 0.3) is 5.65 Å². The first-order chi connectivity index (χ1) is 18.0. The highest BCUT2D eigenvalue weighted by Gasteiger charge is 2.18. The maximum absolute atomic E-state index is 14.8. The highest BCUT2D eigenvalue weighted by Crippen LogP contribution is 2.29. The van der Waals surface area contributed by atoms with Gasteiger partial charge in [0.2, 0.25) is 11.9 Å². The van der Waals surface area contributed by atoms with Gasteiger partial charge in [-0.3, -0.25) is 4.79 Å². The Labute approximate surface area is 214 Å². The molecule has 0 saturated carbocycles. The predicted octanol–water partition coefficient (Wildman–Crippen LogP) is 5.03. The molecule has 4 aromatic rings. The van der Waals surface area contributed by atoms with E-state index in [0.29, 0.717) is 40.2 Å². The van der Waals surface area contributed by atoms with E-state index in [9.17, 15) is 9.18 Å². The molecular formula is C27H28FN7O2. The van der Waals surface area contributed by atoms with E-state index in [1.165, 1.54) is 12.1 Å². The smallest absolute Gasteiger partial charge is 0.247 e. The lowest BCUT2D eigenvalue weighted by Crippen LogP contribution is -2.36. The molecule has 1 fully saturated rings. The number of aromatic nitrogens is 3. The third-order valence-corrected chi connectivity index (χ3v) is 6.14. The minimum absolute atomic E-state index is 0.266. The summed E-state index contributed by atoms with van der Waals surface area (Å²) in [4.78, 5) is 18.4. The van der Waals surface area contributed by atoms with Crippen LogP contribution in [0.2, 0.25) is 0 Å². The van der Waals surface area contributed by atoms with E-state index in [2.05, 4.69) is 44.6 Å². The van der Waals surface area contributed by atoms with E-state index in [4.69, 9.17) is 4.74 Å². The van der Waals surface area contributed by atoms with Crippen molar-refractivity contribution < 1.29 is 13.9 Å². The topological polar surface area (TPSA) is 95.8 Å². The molecule has 0 unspecified atom stereocenters. The number of carbonyl (C=O) groups excluding carboxylic acids is 1. The van der Waals surface area contributed by atoms with Crippen LogP contribution in [0.1, 0.15) is 12.8 Å². The lowest BCUT2D eigenvalue weighted by atomic mass is 10.1. The maximum Gasteiger partial charge on any atom is 0.247 e. The van der Waals surface area contributed by atoms with Crippen molar-refractivity contribution in [2.24, 2.45) is 0 Å². The van der Waals surface area contributed by atoms with Crippen LogP contribution in [0.15, 0.2) is 73.4 Å². The van der Waals surface area contributed by atoms with Crippen LogP contribution in [0, 0.1) is 5.82 Å². The van der Waals surface area contributed by atoms with Crippen molar-refractivity contribution in [1.82, 2.24) is 19.5 Å². The number of rotatable bonds is 8. The first-order valence-electron chi connectivity index (χ1n) is 12.1. The van der Waals surface area contributed by atoms with Crippen molar-refractivity contribution in [3.8, 4) is 11.5 Å². The Hall–Kier alpha value is -4.44. The zero-order valence-electron chi connectivity index (χ0n) is 20.4. The summed E-state index contributed by atoms with van der Waals surface area (Å²) < 4.78 is 22.4. The molecule has 0 bridgehead atoms. The fourth-order valence-corrected chi connectivity index (χ4v) is 4.18. The van der Waals surface area contributed by atoms with Crippen molar-refractivity contribution in [2.45, 2.75) is 18.9 Å². The SMILES string of the molecule is C=CC(=O)Nc1cccc(Oc2cccn3nc(Nc4ccc(NC5CCN(C)CC5)c(F)c4)nc23)c1. The Morgan fingerprint density at radius 1 is 1.14 bits per heavy atom. The van der Waals surface area contributed by atoms with Gasteiger partial charge < -0.3 is 25.6 Å². The molecule has 3 heterocycles. The van der Waals surface area contributed by atoms with Gasteiger partial charge in [0, 0.05) is 29.7 Å². The van der Waals surface area contributed by atoms with Gasteiger partial charge >= 0.3 is 0 Å². The minimum Gasteiger partial charge on any atom is -0.453 e. The summed E-state index contributed by atoms with van der Waals surface area (Å²) >= 11 is 0. The normalized spacial score (nSPS) is 14.3. The number of ether oxygens (including phenoxy) is 1. The lowest BCUT2D eigenvalue weighted by Gasteiger charge is -2.30. The summed E-state index contributed by atoms with van der Waals surface area (Å²) in [5.41, 5.74) is 2.08.